The summed E-state index contributed by atoms with van der Waals surface area (Å²) in [6, 6.07) is 7.82. The van der Waals surface area contributed by atoms with E-state index in [4.69, 9.17) is 4.74 Å². The molecule has 0 spiro atoms. The first-order valence-corrected chi connectivity index (χ1v) is 7.95. The quantitative estimate of drug-likeness (QED) is 0.422. The molecule has 0 heterocycles. The van der Waals surface area contributed by atoms with E-state index in [1.54, 1.807) is 12.1 Å². The van der Waals surface area contributed by atoms with Crippen molar-refractivity contribution in [1.29, 1.82) is 0 Å². The molecule has 0 atom stereocenters. The Labute approximate surface area is 158 Å². The van der Waals surface area contributed by atoms with E-state index in [-0.39, 0.29) is 5.56 Å². The van der Waals surface area contributed by atoms with Gasteiger partial charge in [0.25, 0.3) is 11.6 Å². The summed E-state index contributed by atoms with van der Waals surface area (Å²) in [5.74, 6) is -1.76. The molecule has 0 saturated carbocycles. The van der Waals surface area contributed by atoms with Gasteiger partial charge in [0, 0.05) is 10.5 Å². The highest BCUT2D eigenvalue weighted by atomic mass is 79.9. The van der Waals surface area contributed by atoms with Crippen LogP contribution in [0.1, 0.15) is 15.9 Å². The predicted molar refractivity (Wildman–Crippen MR) is 91.2 cm³/mol. The molecule has 1 N–H and O–H groups in total. The third-order valence-electron chi connectivity index (χ3n) is 3.19. The Hall–Kier alpha value is -2.95. The van der Waals surface area contributed by atoms with Gasteiger partial charge in [-0.3, -0.25) is 14.9 Å². The van der Waals surface area contributed by atoms with Crippen LogP contribution in [0, 0.1) is 10.1 Å². The van der Waals surface area contributed by atoms with Gasteiger partial charge in [-0.1, -0.05) is 22.0 Å². The van der Waals surface area contributed by atoms with E-state index in [0.29, 0.717) is 16.6 Å². The standard InChI is InChI=1S/C16H10BrF3N2O5/c17-11-3-1-2-9(6-11)15(24)27-8-14(23)21-12-5-4-10(16(18,19)20)7-13(12)22(25)26/h1-7H,8H2,(H,21,23). The van der Waals surface area contributed by atoms with E-state index in [1.165, 1.54) is 12.1 Å². The van der Waals surface area contributed by atoms with Crippen LogP contribution < -0.4 is 5.32 Å². The number of amides is 1. The molecule has 2 aromatic carbocycles. The topological polar surface area (TPSA) is 98.5 Å². The smallest absolute Gasteiger partial charge is 0.416 e. The van der Waals surface area contributed by atoms with E-state index in [2.05, 4.69) is 21.2 Å². The van der Waals surface area contributed by atoms with Crippen molar-refractivity contribution < 1.29 is 32.4 Å². The zero-order chi connectivity index (χ0) is 20.2. The van der Waals surface area contributed by atoms with Crippen molar-refractivity contribution in [2.45, 2.75) is 6.18 Å². The minimum atomic E-state index is -4.77. The van der Waals surface area contributed by atoms with Crippen LogP contribution in [-0.2, 0) is 15.7 Å². The molecule has 0 aliphatic heterocycles. The number of benzene rings is 2. The lowest BCUT2D eigenvalue weighted by Gasteiger charge is -2.10. The number of carbonyl (C=O) groups is 2. The third kappa shape index (κ3) is 5.51. The van der Waals surface area contributed by atoms with Crippen LogP contribution in [0.2, 0.25) is 0 Å². The second-order valence-corrected chi connectivity index (χ2v) is 6.04. The summed E-state index contributed by atoms with van der Waals surface area (Å²) in [4.78, 5) is 33.6. The highest BCUT2D eigenvalue weighted by molar-refractivity contribution is 9.10. The lowest BCUT2D eigenvalue weighted by atomic mass is 10.1. The molecule has 142 valence electrons. The molecule has 0 aliphatic rings. The Morgan fingerprint density at radius 3 is 2.48 bits per heavy atom. The fraction of sp³-hybridized carbons (Fsp3) is 0.125. The second kappa shape index (κ2) is 8.16. The molecular weight excluding hydrogens is 437 g/mol. The lowest BCUT2D eigenvalue weighted by Crippen LogP contribution is -2.21. The van der Waals surface area contributed by atoms with Crippen molar-refractivity contribution in [3.63, 3.8) is 0 Å². The fourth-order valence-electron chi connectivity index (χ4n) is 1.98. The van der Waals surface area contributed by atoms with E-state index in [1.807, 2.05) is 0 Å². The van der Waals surface area contributed by atoms with Gasteiger partial charge < -0.3 is 10.1 Å². The Morgan fingerprint density at radius 2 is 1.89 bits per heavy atom. The average molecular weight is 447 g/mol. The summed E-state index contributed by atoms with van der Waals surface area (Å²) in [5, 5.41) is 13.0. The number of carbonyl (C=O) groups excluding carboxylic acids is 2. The van der Waals surface area contributed by atoms with Gasteiger partial charge in [0.2, 0.25) is 0 Å². The minimum absolute atomic E-state index is 0.165. The summed E-state index contributed by atoms with van der Waals surface area (Å²) in [6.45, 7) is -0.774. The van der Waals surface area contributed by atoms with Gasteiger partial charge in [-0.2, -0.15) is 13.2 Å². The van der Waals surface area contributed by atoms with Crippen molar-refractivity contribution in [3.05, 3.63) is 68.2 Å². The molecule has 0 fully saturated rings. The summed E-state index contributed by atoms with van der Waals surface area (Å²) in [7, 11) is 0. The molecule has 7 nitrogen and oxygen atoms in total. The number of nitro benzene ring substituents is 1. The molecule has 0 aliphatic carbocycles. The van der Waals surface area contributed by atoms with Crippen LogP contribution in [0.3, 0.4) is 0 Å². The number of ether oxygens (including phenoxy) is 1. The molecule has 11 heteroatoms. The SMILES string of the molecule is O=C(COC(=O)c1cccc(Br)c1)Nc1ccc(C(F)(F)F)cc1[N+](=O)[O-]. The molecule has 0 radical (unpaired) electrons. The van der Waals surface area contributed by atoms with Gasteiger partial charge in [-0.05, 0) is 30.3 Å². The van der Waals surface area contributed by atoms with Gasteiger partial charge in [0.15, 0.2) is 6.61 Å². The lowest BCUT2D eigenvalue weighted by molar-refractivity contribution is -0.384. The van der Waals surface area contributed by atoms with Gasteiger partial charge >= 0.3 is 12.1 Å². The molecule has 27 heavy (non-hydrogen) atoms. The molecule has 0 unspecified atom stereocenters. The Bertz CT molecular complexity index is 902. The van der Waals surface area contributed by atoms with Gasteiger partial charge in [-0.15, -0.1) is 0 Å². The van der Waals surface area contributed by atoms with Crippen LogP contribution in [0.5, 0.6) is 0 Å². The maximum Gasteiger partial charge on any atom is 0.416 e. The van der Waals surface area contributed by atoms with Crippen molar-refractivity contribution in [2.75, 3.05) is 11.9 Å². The van der Waals surface area contributed by atoms with E-state index < -0.39 is 46.5 Å². The average Bonchev–Trinajstić information content (AvgIpc) is 2.58. The number of hydrogen-bond donors (Lipinski definition) is 1. The number of nitrogens with one attached hydrogen (secondary N) is 1. The number of rotatable bonds is 5. The van der Waals surface area contributed by atoms with Gasteiger partial charge in [-0.25, -0.2) is 4.79 Å². The van der Waals surface area contributed by atoms with E-state index in [0.717, 1.165) is 6.07 Å². The predicted octanol–water partition coefficient (Wildman–Crippen LogP) is 4.17. The summed E-state index contributed by atoms with van der Waals surface area (Å²) in [5.41, 5.74) is -2.45. The maximum atomic E-state index is 12.7. The highest BCUT2D eigenvalue weighted by Crippen LogP contribution is 2.34. The number of alkyl halides is 3. The molecule has 0 bridgehead atoms. The molecule has 0 aromatic heterocycles. The monoisotopic (exact) mass is 446 g/mol. The number of esters is 1. The third-order valence-corrected chi connectivity index (χ3v) is 3.68. The number of nitrogens with zero attached hydrogens (tertiary/aromatic N) is 1. The van der Waals surface area contributed by atoms with Crippen molar-refractivity contribution >= 4 is 39.2 Å². The Balaban J connectivity index is 2.07. The van der Waals surface area contributed by atoms with Crippen LogP contribution in [-0.4, -0.2) is 23.4 Å². The van der Waals surface area contributed by atoms with Crippen molar-refractivity contribution in [3.8, 4) is 0 Å². The normalized spacial score (nSPS) is 11.0. The van der Waals surface area contributed by atoms with Crippen molar-refractivity contribution in [2.24, 2.45) is 0 Å². The minimum Gasteiger partial charge on any atom is -0.452 e. The first-order valence-electron chi connectivity index (χ1n) is 7.16. The largest absolute Gasteiger partial charge is 0.452 e. The fourth-order valence-corrected chi connectivity index (χ4v) is 2.38. The van der Waals surface area contributed by atoms with Crippen LogP contribution in [0.15, 0.2) is 46.9 Å². The van der Waals surface area contributed by atoms with Crippen LogP contribution >= 0.6 is 15.9 Å². The second-order valence-electron chi connectivity index (χ2n) is 5.12. The Kier molecular flexibility index (Phi) is 6.16. The zero-order valence-corrected chi connectivity index (χ0v) is 14.8. The van der Waals surface area contributed by atoms with Crippen molar-refractivity contribution in [1.82, 2.24) is 0 Å². The maximum absolute atomic E-state index is 12.7. The molecular formula is C16H10BrF3N2O5. The van der Waals surface area contributed by atoms with Crippen LogP contribution in [0.25, 0.3) is 0 Å². The number of anilines is 1. The summed E-state index contributed by atoms with van der Waals surface area (Å²) < 4.78 is 43.3. The van der Waals surface area contributed by atoms with Gasteiger partial charge in [0.05, 0.1) is 16.1 Å². The first kappa shape index (κ1) is 20.4. The number of halogens is 4. The molecule has 2 aromatic rings. The zero-order valence-electron chi connectivity index (χ0n) is 13.2. The highest BCUT2D eigenvalue weighted by Gasteiger charge is 2.33. The molecule has 0 saturated heterocycles. The summed E-state index contributed by atoms with van der Waals surface area (Å²) >= 11 is 3.16. The van der Waals surface area contributed by atoms with Crippen LogP contribution in [0.4, 0.5) is 24.5 Å². The molecule has 1 amide bonds. The Morgan fingerprint density at radius 1 is 1.19 bits per heavy atom. The van der Waals surface area contributed by atoms with Gasteiger partial charge in [0.1, 0.15) is 5.69 Å². The number of nitro groups is 1. The first-order chi connectivity index (χ1) is 12.6. The summed E-state index contributed by atoms with van der Waals surface area (Å²) in [6.07, 6.45) is -4.77. The van der Waals surface area contributed by atoms with E-state index in [9.17, 15) is 32.9 Å². The number of hydrogen-bond acceptors (Lipinski definition) is 5. The molecule has 2 rings (SSSR count). The van der Waals surface area contributed by atoms with E-state index >= 15 is 0 Å².